The zero-order valence-corrected chi connectivity index (χ0v) is 12.7. The number of hydrogen-bond acceptors (Lipinski definition) is 4. The van der Waals surface area contributed by atoms with E-state index in [0.29, 0.717) is 11.0 Å². The minimum Gasteiger partial charge on any atom is -0.483 e. The van der Waals surface area contributed by atoms with Crippen LogP contribution < -0.4 is 10.1 Å². The topological polar surface area (TPSA) is 51.2 Å². The van der Waals surface area contributed by atoms with Crippen LogP contribution in [0, 0.1) is 6.92 Å². The third-order valence-corrected chi connectivity index (χ3v) is 3.52. The number of aromatic nitrogens is 1. The van der Waals surface area contributed by atoms with E-state index < -0.39 is 0 Å². The van der Waals surface area contributed by atoms with Crippen LogP contribution in [0.2, 0.25) is 0 Å². The van der Waals surface area contributed by atoms with Crippen LogP contribution in [0.1, 0.15) is 30.9 Å². The van der Waals surface area contributed by atoms with E-state index in [-0.39, 0.29) is 12.5 Å². The lowest BCUT2D eigenvalue weighted by molar-refractivity contribution is -0.118. The molecular weight excluding hydrogens is 272 g/mol. The first-order valence-electron chi connectivity index (χ1n) is 6.49. The van der Waals surface area contributed by atoms with Crippen molar-refractivity contribution in [1.29, 1.82) is 0 Å². The van der Waals surface area contributed by atoms with Crippen LogP contribution in [0.5, 0.6) is 5.75 Å². The average molecular weight is 290 g/mol. The lowest BCUT2D eigenvalue weighted by Crippen LogP contribution is -2.20. The van der Waals surface area contributed by atoms with E-state index in [1.807, 2.05) is 24.4 Å². The first-order chi connectivity index (χ1) is 9.56. The second-order valence-corrected chi connectivity index (χ2v) is 5.76. The number of aryl methyl sites for hydroxylation is 1. The summed E-state index contributed by atoms with van der Waals surface area (Å²) in [5.41, 5.74) is 2.22. The number of carbonyl (C=O) groups excluding carboxylic acids is 1. The molecule has 1 aromatic carbocycles. The van der Waals surface area contributed by atoms with E-state index >= 15 is 0 Å². The normalized spacial score (nSPS) is 10.6. The summed E-state index contributed by atoms with van der Waals surface area (Å²) >= 11 is 1.38. The van der Waals surface area contributed by atoms with Gasteiger partial charge in [0.15, 0.2) is 11.7 Å². The highest BCUT2D eigenvalue weighted by Crippen LogP contribution is 2.27. The number of anilines is 1. The molecule has 0 aliphatic rings. The Morgan fingerprint density at radius 1 is 1.45 bits per heavy atom. The number of carbonyl (C=O) groups is 1. The van der Waals surface area contributed by atoms with Gasteiger partial charge in [-0.1, -0.05) is 26.0 Å². The Balaban J connectivity index is 1.99. The predicted molar refractivity (Wildman–Crippen MR) is 81.5 cm³/mol. The fourth-order valence-electron chi connectivity index (χ4n) is 1.83. The number of rotatable bonds is 5. The molecule has 0 atom stereocenters. The Morgan fingerprint density at radius 2 is 2.25 bits per heavy atom. The van der Waals surface area contributed by atoms with E-state index in [0.717, 1.165) is 16.9 Å². The highest BCUT2D eigenvalue weighted by Gasteiger charge is 2.10. The van der Waals surface area contributed by atoms with Gasteiger partial charge < -0.3 is 4.74 Å². The molecule has 1 N–H and O–H groups in total. The SMILES string of the molecule is Cc1ccc(C(C)C)c(OCC(=O)Nc2nccs2)c1. The molecule has 0 radical (unpaired) electrons. The van der Waals surface area contributed by atoms with E-state index in [1.165, 1.54) is 11.3 Å². The third kappa shape index (κ3) is 3.81. The van der Waals surface area contributed by atoms with Crippen molar-refractivity contribution in [2.24, 2.45) is 0 Å². The number of amides is 1. The summed E-state index contributed by atoms with van der Waals surface area (Å²) in [6, 6.07) is 6.07. The van der Waals surface area contributed by atoms with Crippen molar-refractivity contribution in [3.05, 3.63) is 40.9 Å². The fraction of sp³-hybridized carbons (Fsp3) is 0.333. The van der Waals surface area contributed by atoms with Gasteiger partial charge in [0, 0.05) is 11.6 Å². The van der Waals surface area contributed by atoms with Gasteiger partial charge in [0.1, 0.15) is 5.75 Å². The van der Waals surface area contributed by atoms with Crippen molar-refractivity contribution in [3.8, 4) is 5.75 Å². The number of nitrogens with zero attached hydrogens (tertiary/aromatic N) is 1. The molecule has 1 amide bonds. The average Bonchev–Trinajstić information content (AvgIpc) is 2.89. The molecule has 20 heavy (non-hydrogen) atoms. The summed E-state index contributed by atoms with van der Waals surface area (Å²) in [5.74, 6) is 0.929. The molecule has 106 valence electrons. The van der Waals surface area contributed by atoms with E-state index in [2.05, 4.69) is 30.2 Å². The number of ether oxygens (including phenoxy) is 1. The van der Waals surface area contributed by atoms with Gasteiger partial charge >= 0.3 is 0 Å². The molecule has 1 heterocycles. The summed E-state index contributed by atoms with van der Waals surface area (Å²) in [7, 11) is 0. The summed E-state index contributed by atoms with van der Waals surface area (Å²) in [4.78, 5) is 15.8. The first-order valence-corrected chi connectivity index (χ1v) is 7.37. The van der Waals surface area contributed by atoms with Crippen molar-refractivity contribution in [3.63, 3.8) is 0 Å². The van der Waals surface area contributed by atoms with Crippen LogP contribution in [-0.4, -0.2) is 17.5 Å². The first kappa shape index (κ1) is 14.5. The molecule has 1 aromatic heterocycles. The van der Waals surface area contributed by atoms with Crippen LogP contribution in [0.25, 0.3) is 0 Å². The quantitative estimate of drug-likeness (QED) is 0.915. The van der Waals surface area contributed by atoms with Crippen molar-refractivity contribution in [2.75, 3.05) is 11.9 Å². The predicted octanol–water partition coefficient (Wildman–Crippen LogP) is 3.59. The molecule has 0 spiro atoms. The Hall–Kier alpha value is -1.88. The monoisotopic (exact) mass is 290 g/mol. The van der Waals surface area contributed by atoms with Gasteiger partial charge in [-0.15, -0.1) is 11.3 Å². The van der Waals surface area contributed by atoms with E-state index in [1.54, 1.807) is 6.20 Å². The van der Waals surface area contributed by atoms with Gasteiger partial charge in [0.25, 0.3) is 5.91 Å². The van der Waals surface area contributed by atoms with Crippen molar-refractivity contribution in [2.45, 2.75) is 26.7 Å². The lowest BCUT2D eigenvalue weighted by atomic mass is 10.0. The zero-order chi connectivity index (χ0) is 14.5. The van der Waals surface area contributed by atoms with Crippen LogP contribution >= 0.6 is 11.3 Å². The highest BCUT2D eigenvalue weighted by molar-refractivity contribution is 7.13. The number of thiazole rings is 1. The van der Waals surface area contributed by atoms with E-state index in [9.17, 15) is 4.79 Å². The van der Waals surface area contributed by atoms with Gasteiger partial charge in [-0.05, 0) is 30.0 Å². The summed E-state index contributed by atoms with van der Waals surface area (Å²) in [5, 5.41) is 5.10. The lowest BCUT2D eigenvalue weighted by Gasteiger charge is -2.14. The Labute approximate surface area is 122 Å². The smallest absolute Gasteiger partial charge is 0.264 e. The molecule has 0 saturated carbocycles. The molecular formula is C15H18N2O2S. The summed E-state index contributed by atoms with van der Waals surface area (Å²) < 4.78 is 5.65. The van der Waals surface area contributed by atoms with Crippen LogP contribution in [0.4, 0.5) is 5.13 Å². The molecule has 5 heteroatoms. The second-order valence-electron chi connectivity index (χ2n) is 4.87. The molecule has 0 fully saturated rings. The minimum absolute atomic E-state index is 0.0112. The van der Waals surface area contributed by atoms with Crippen LogP contribution in [-0.2, 0) is 4.79 Å². The Kier molecular flexibility index (Phi) is 4.74. The maximum absolute atomic E-state index is 11.8. The minimum atomic E-state index is -0.198. The van der Waals surface area contributed by atoms with Gasteiger partial charge in [-0.25, -0.2) is 4.98 Å². The molecule has 0 saturated heterocycles. The standard InChI is InChI=1S/C15H18N2O2S/c1-10(2)12-5-4-11(3)8-13(12)19-9-14(18)17-15-16-6-7-20-15/h4-8,10H,9H2,1-3H3,(H,16,17,18). The molecule has 0 aliphatic carbocycles. The maximum Gasteiger partial charge on any atom is 0.264 e. The molecule has 4 nitrogen and oxygen atoms in total. The molecule has 2 aromatic rings. The molecule has 2 rings (SSSR count). The second kappa shape index (κ2) is 6.52. The van der Waals surface area contributed by atoms with Gasteiger partial charge in [0.05, 0.1) is 0 Å². The third-order valence-electron chi connectivity index (χ3n) is 2.83. The Morgan fingerprint density at radius 3 is 2.90 bits per heavy atom. The van der Waals surface area contributed by atoms with Crippen LogP contribution in [0.15, 0.2) is 29.8 Å². The van der Waals surface area contributed by atoms with Gasteiger partial charge in [-0.3, -0.25) is 10.1 Å². The number of hydrogen-bond donors (Lipinski definition) is 1. The van der Waals surface area contributed by atoms with E-state index in [4.69, 9.17) is 4.74 Å². The maximum atomic E-state index is 11.8. The van der Waals surface area contributed by atoms with Gasteiger partial charge in [-0.2, -0.15) is 0 Å². The van der Waals surface area contributed by atoms with Crippen molar-refractivity contribution < 1.29 is 9.53 Å². The van der Waals surface area contributed by atoms with Crippen LogP contribution in [0.3, 0.4) is 0 Å². The van der Waals surface area contributed by atoms with Crippen molar-refractivity contribution in [1.82, 2.24) is 4.98 Å². The fourth-order valence-corrected chi connectivity index (χ4v) is 2.37. The molecule has 0 aliphatic heterocycles. The molecule has 0 unspecified atom stereocenters. The Bertz CT molecular complexity index is 580. The van der Waals surface area contributed by atoms with Gasteiger partial charge in [0.2, 0.25) is 0 Å². The highest BCUT2D eigenvalue weighted by atomic mass is 32.1. The zero-order valence-electron chi connectivity index (χ0n) is 11.8. The summed E-state index contributed by atoms with van der Waals surface area (Å²) in [6.07, 6.45) is 1.65. The summed E-state index contributed by atoms with van der Waals surface area (Å²) in [6.45, 7) is 6.20. The molecule has 0 bridgehead atoms. The number of nitrogens with one attached hydrogen (secondary N) is 1. The number of benzene rings is 1. The van der Waals surface area contributed by atoms with Crippen molar-refractivity contribution >= 4 is 22.4 Å². The largest absolute Gasteiger partial charge is 0.483 e.